The van der Waals surface area contributed by atoms with Gasteiger partial charge in [-0.3, -0.25) is 14.9 Å². The van der Waals surface area contributed by atoms with Crippen LogP contribution in [0.5, 0.6) is 0 Å². The van der Waals surface area contributed by atoms with Crippen LogP contribution in [-0.4, -0.2) is 33.4 Å². The van der Waals surface area contributed by atoms with E-state index in [1.54, 1.807) is 0 Å². The SMILES string of the molecule is CCCCN[Si](NC(C)C)(NC(C)C)NC(C)C. The highest BCUT2D eigenvalue weighted by atomic mass is 28.4. The van der Waals surface area contributed by atoms with Crippen LogP contribution < -0.4 is 19.9 Å². The number of nitrogens with one attached hydrogen (secondary N) is 4. The molecule has 0 fully saturated rings. The molecular formula is C13H34N4Si. The van der Waals surface area contributed by atoms with Crippen molar-refractivity contribution < 1.29 is 0 Å². The van der Waals surface area contributed by atoms with Gasteiger partial charge in [0.2, 0.25) is 0 Å². The molecule has 0 aliphatic carbocycles. The fourth-order valence-corrected chi connectivity index (χ4v) is 5.74. The van der Waals surface area contributed by atoms with Crippen molar-refractivity contribution in [3.05, 3.63) is 0 Å². The third-order valence-corrected chi connectivity index (χ3v) is 6.25. The quantitative estimate of drug-likeness (QED) is 0.362. The summed E-state index contributed by atoms with van der Waals surface area (Å²) in [6.45, 7) is 16.5. The average Bonchev–Trinajstić information content (AvgIpc) is 2.13. The molecule has 0 bridgehead atoms. The van der Waals surface area contributed by atoms with E-state index in [2.05, 4.69) is 68.4 Å². The number of hydrogen-bond donors (Lipinski definition) is 4. The Bertz CT molecular complexity index is 181. The van der Waals surface area contributed by atoms with Gasteiger partial charge in [-0.25, -0.2) is 0 Å². The molecule has 4 nitrogen and oxygen atoms in total. The fraction of sp³-hybridized carbons (Fsp3) is 1.00. The lowest BCUT2D eigenvalue weighted by Gasteiger charge is -2.38. The van der Waals surface area contributed by atoms with E-state index in [0.717, 1.165) is 6.54 Å². The summed E-state index contributed by atoms with van der Waals surface area (Å²) in [6, 6.07) is 1.38. The Hall–Kier alpha value is 0.0569. The van der Waals surface area contributed by atoms with Crippen molar-refractivity contribution >= 4 is 8.72 Å². The van der Waals surface area contributed by atoms with Crippen LogP contribution in [0, 0.1) is 0 Å². The molecule has 0 amide bonds. The summed E-state index contributed by atoms with van der Waals surface area (Å²) < 4.78 is 0. The Morgan fingerprint density at radius 1 is 0.778 bits per heavy atom. The normalized spacial score (nSPS) is 13.0. The monoisotopic (exact) mass is 274 g/mol. The molecule has 0 atom stereocenters. The molecule has 0 aromatic rings. The predicted molar refractivity (Wildman–Crippen MR) is 83.5 cm³/mol. The van der Waals surface area contributed by atoms with Crippen molar-refractivity contribution in [3.8, 4) is 0 Å². The van der Waals surface area contributed by atoms with Crippen molar-refractivity contribution in [1.29, 1.82) is 0 Å². The zero-order chi connectivity index (χ0) is 14.2. The van der Waals surface area contributed by atoms with Crippen LogP contribution in [0.4, 0.5) is 0 Å². The molecule has 0 aliphatic rings. The van der Waals surface area contributed by atoms with E-state index < -0.39 is 8.72 Å². The molecule has 0 radical (unpaired) electrons. The molecular weight excluding hydrogens is 240 g/mol. The lowest BCUT2D eigenvalue weighted by Crippen LogP contribution is -2.83. The summed E-state index contributed by atoms with van der Waals surface area (Å²) in [7, 11) is -2.02. The summed E-state index contributed by atoms with van der Waals surface area (Å²) in [5.41, 5.74) is 0. The van der Waals surface area contributed by atoms with Gasteiger partial charge in [-0.05, 0) is 31.1 Å². The van der Waals surface area contributed by atoms with Crippen molar-refractivity contribution in [2.24, 2.45) is 0 Å². The van der Waals surface area contributed by atoms with Crippen molar-refractivity contribution in [2.75, 3.05) is 6.54 Å². The van der Waals surface area contributed by atoms with E-state index in [1.807, 2.05) is 0 Å². The first-order valence-corrected chi connectivity index (χ1v) is 9.39. The molecule has 0 spiro atoms. The summed E-state index contributed by atoms with van der Waals surface area (Å²) in [4.78, 5) is 14.9. The van der Waals surface area contributed by atoms with Crippen LogP contribution in [0.1, 0.15) is 61.3 Å². The number of hydrogen-bond acceptors (Lipinski definition) is 4. The van der Waals surface area contributed by atoms with E-state index in [0.29, 0.717) is 18.1 Å². The Morgan fingerprint density at radius 2 is 1.17 bits per heavy atom. The maximum Gasteiger partial charge on any atom is 0.366 e. The van der Waals surface area contributed by atoms with E-state index in [9.17, 15) is 0 Å². The molecule has 0 rings (SSSR count). The minimum atomic E-state index is -2.02. The molecule has 0 aromatic carbocycles. The van der Waals surface area contributed by atoms with E-state index >= 15 is 0 Å². The highest BCUT2D eigenvalue weighted by molar-refractivity contribution is 6.70. The van der Waals surface area contributed by atoms with Crippen molar-refractivity contribution in [1.82, 2.24) is 19.9 Å². The van der Waals surface area contributed by atoms with Gasteiger partial charge in [-0.2, -0.15) is 0 Å². The maximum atomic E-state index is 3.73. The van der Waals surface area contributed by atoms with E-state index in [1.165, 1.54) is 12.8 Å². The lowest BCUT2D eigenvalue weighted by molar-refractivity contribution is 0.562. The van der Waals surface area contributed by atoms with Gasteiger partial charge in [0, 0.05) is 0 Å². The molecule has 5 heteroatoms. The first-order chi connectivity index (χ1) is 8.31. The van der Waals surface area contributed by atoms with Crippen LogP contribution in [0.25, 0.3) is 0 Å². The average molecular weight is 275 g/mol. The third kappa shape index (κ3) is 8.21. The second-order valence-electron chi connectivity index (χ2n) is 5.93. The summed E-state index contributed by atoms with van der Waals surface area (Å²) in [5, 5.41) is 0. The molecule has 18 heavy (non-hydrogen) atoms. The Balaban J connectivity index is 4.74. The number of unbranched alkanes of at least 4 members (excludes halogenated alkanes) is 1. The van der Waals surface area contributed by atoms with Gasteiger partial charge in [0.25, 0.3) is 0 Å². The smallest absolute Gasteiger partial charge is 0.301 e. The van der Waals surface area contributed by atoms with Crippen molar-refractivity contribution in [3.63, 3.8) is 0 Å². The van der Waals surface area contributed by atoms with E-state index in [-0.39, 0.29) is 0 Å². The molecule has 4 N–H and O–H groups in total. The first kappa shape index (κ1) is 18.1. The lowest BCUT2D eigenvalue weighted by atomic mass is 10.3. The van der Waals surface area contributed by atoms with Gasteiger partial charge in [0.15, 0.2) is 0 Å². The molecule has 0 aromatic heterocycles. The van der Waals surface area contributed by atoms with Gasteiger partial charge in [0.1, 0.15) is 0 Å². The van der Waals surface area contributed by atoms with Crippen LogP contribution >= 0.6 is 0 Å². The highest BCUT2D eigenvalue weighted by Gasteiger charge is 2.36. The van der Waals surface area contributed by atoms with Crippen LogP contribution in [-0.2, 0) is 0 Å². The fourth-order valence-electron chi connectivity index (χ4n) is 2.03. The van der Waals surface area contributed by atoms with Gasteiger partial charge in [0.05, 0.1) is 0 Å². The van der Waals surface area contributed by atoms with Gasteiger partial charge >= 0.3 is 8.72 Å². The van der Waals surface area contributed by atoms with Crippen LogP contribution in [0.15, 0.2) is 0 Å². The van der Waals surface area contributed by atoms with Crippen molar-refractivity contribution in [2.45, 2.75) is 79.4 Å². The van der Waals surface area contributed by atoms with Crippen LogP contribution in [0.2, 0.25) is 0 Å². The van der Waals surface area contributed by atoms with Gasteiger partial charge in [-0.15, -0.1) is 0 Å². The third-order valence-electron chi connectivity index (χ3n) is 2.44. The number of rotatable bonds is 10. The molecule has 0 saturated heterocycles. The largest absolute Gasteiger partial charge is 0.366 e. The molecule has 0 unspecified atom stereocenters. The second-order valence-corrected chi connectivity index (χ2v) is 8.65. The zero-order valence-corrected chi connectivity index (χ0v) is 14.4. The van der Waals surface area contributed by atoms with Gasteiger partial charge in [-0.1, -0.05) is 54.9 Å². The maximum absolute atomic E-state index is 3.73. The molecule has 0 saturated carbocycles. The molecule has 0 heterocycles. The molecule has 110 valence electrons. The standard InChI is InChI=1S/C13H34N4Si/c1-8-9-10-14-18(15-11(2)3,16-12(4)5)17-13(6)7/h11-17H,8-10H2,1-7H3. The second kappa shape index (κ2) is 9.04. The molecule has 0 aliphatic heterocycles. The first-order valence-electron chi connectivity index (χ1n) is 7.39. The summed E-state index contributed by atoms with van der Waals surface area (Å²) >= 11 is 0. The van der Waals surface area contributed by atoms with Gasteiger partial charge < -0.3 is 4.98 Å². The summed E-state index contributed by atoms with van der Waals surface area (Å²) in [5.74, 6) is 0. The van der Waals surface area contributed by atoms with Crippen LogP contribution in [0.3, 0.4) is 0 Å². The summed E-state index contributed by atoms with van der Waals surface area (Å²) in [6.07, 6.45) is 2.44. The topological polar surface area (TPSA) is 48.1 Å². The highest BCUT2D eigenvalue weighted by Crippen LogP contribution is 1.96. The minimum absolute atomic E-state index is 0.461. The Labute approximate surface area is 115 Å². The minimum Gasteiger partial charge on any atom is -0.301 e. The predicted octanol–water partition coefficient (Wildman–Crippen LogP) is 1.81. The Kier molecular flexibility index (Phi) is 9.07. The zero-order valence-electron chi connectivity index (χ0n) is 13.4. The van der Waals surface area contributed by atoms with E-state index in [4.69, 9.17) is 0 Å². The Morgan fingerprint density at radius 3 is 1.44 bits per heavy atom.